The Morgan fingerprint density at radius 1 is 0.951 bits per heavy atom. The van der Waals surface area contributed by atoms with Crippen LogP contribution >= 0.6 is 15.9 Å². The van der Waals surface area contributed by atoms with Crippen molar-refractivity contribution in [2.45, 2.75) is 12.8 Å². The Bertz CT molecular complexity index is 1890. The van der Waals surface area contributed by atoms with Crippen molar-refractivity contribution in [2.24, 2.45) is 0 Å². The molecule has 0 bridgehead atoms. The molecule has 200 valence electrons. The van der Waals surface area contributed by atoms with Gasteiger partial charge in [0.2, 0.25) is 5.91 Å². The lowest BCUT2D eigenvalue weighted by Crippen LogP contribution is -2.43. The summed E-state index contributed by atoms with van der Waals surface area (Å²) in [5, 5.41) is 3.54. The van der Waals surface area contributed by atoms with Gasteiger partial charge in [-0.1, -0.05) is 48.5 Å². The zero-order chi connectivity index (χ0) is 27.9. The average molecular weight is 603 g/mol. The molecule has 0 spiro atoms. The molecule has 0 atom stereocenters. The smallest absolute Gasteiger partial charge is 0.259 e. The first-order valence-electron chi connectivity index (χ1n) is 13.3. The van der Waals surface area contributed by atoms with Crippen LogP contribution in [0.2, 0.25) is 0 Å². The molecular weight excluding hydrogens is 580 g/mol. The van der Waals surface area contributed by atoms with Crippen molar-refractivity contribution >= 4 is 61.8 Å². The number of hydrogen-bond acceptors (Lipinski definition) is 5. The number of para-hydroxylation sites is 2. The van der Waals surface area contributed by atoms with Crippen LogP contribution in [0, 0.1) is 0 Å². The summed E-state index contributed by atoms with van der Waals surface area (Å²) >= 11 is 3.45. The van der Waals surface area contributed by atoms with Crippen LogP contribution in [-0.4, -0.2) is 28.3 Å². The van der Waals surface area contributed by atoms with E-state index in [4.69, 9.17) is 9.72 Å². The molecular formula is C33H23BrN4O3. The van der Waals surface area contributed by atoms with Gasteiger partial charge in [0.1, 0.15) is 18.0 Å². The summed E-state index contributed by atoms with van der Waals surface area (Å²) in [5.41, 5.74) is 5.62. The zero-order valence-corrected chi connectivity index (χ0v) is 23.4. The second-order valence-electron chi connectivity index (χ2n) is 9.95. The van der Waals surface area contributed by atoms with Crippen molar-refractivity contribution < 1.29 is 14.3 Å². The quantitative estimate of drug-likeness (QED) is 0.234. The van der Waals surface area contributed by atoms with E-state index in [-0.39, 0.29) is 18.4 Å². The summed E-state index contributed by atoms with van der Waals surface area (Å²) < 4.78 is 6.76. The molecule has 1 N–H and O–H groups in total. The van der Waals surface area contributed by atoms with Gasteiger partial charge in [-0.2, -0.15) is 0 Å². The Balaban J connectivity index is 1.31. The Kier molecular flexibility index (Phi) is 6.32. The van der Waals surface area contributed by atoms with Gasteiger partial charge in [0.15, 0.2) is 5.82 Å². The van der Waals surface area contributed by atoms with Crippen molar-refractivity contribution in [3.63, 3.8) is 0 Å². The Morgan fingerprint density at radius 3 is 2.63 bits per heavy atom. The molecule has 3 aromatic carbocycles. The Hall–Kier alpha value is -4.82. The van der Waals surface area contributed by atoms with Crippen LogP contribution in [0.3, 0.4) is 0 Å². The molecule has 2 aromatic heterocycles. The van der Waals surface area contributed by atoms with E-state index < -0.39 is 0 Å². The number of benzene rings is 3. The minimum Gasteiger partial charge on any atom is -0.457 e. The third-order valence-corrected chi connectivity index (χ3v) is 7.70. The number of nitrogens with one attached hydrogen (secondary N) is 1. The molecule has 1 aliphatic carbocycles. The molecule has 2 aliphatic rings. The molecule has 3 heterocycles. The van der Waals surface area contributed by atoms with E-state index in [1.165, 1.54) is 4.90 Å². The summed E-state index contributed by atoms with van der Waals surface area (Å²) in [6.07, 6.45) is 5.13. The van der Waals surface area contributed by atoms with Gasteiger partial charge in [-0.05, 0) is 87.9 Å². The summed E-state index contributed by atoms with van der Waals surface area (Å²) in [6, 6.07) is 27.1. The van der Waals surface area contributed by atoms with E-state index in [9.17, 15) is 9.59 Å². The molecule has 7 rings (SSSR count). The first kappa shape index (κ1) is 25.2. The van der Waals surface area contributed by atoms with Crippen LogP contribution in [0.5, 0.6) is 11.5 Å². The molecule has 0 saturated carbocycles. The largest absolute Gasteiger partial charge is 0.457 e. The fraction of sp³-hybridized carbons (Fsp3) is 0.0909. The number of anilines is 2. The molecule has 0 fully saturated rings. The SMILES string of the molecule is O=C1CN(C(=O)c2c3c(nc4ccccc24)/C(=C/c2cccc(Oc4ccccc4)c2)CC3)c2cc(Br)cnc2N1. The van der Waals surface area contributed by atoms with Crippen LogP contribution in [0.15, 0.2) is 95.6 Å². The summed E-state index contributed by atoms with van der Waals surface area (Å²) in [4.78, 5) is 37.7. The standard InChI is InChI=1S/C33H23BrN4O3/c34-22-17-28-32(35-18-22)37-29(39)19-38(28)33(40)30-25-11-4-5-12-27(25)36-31-21(13-14-26(30)31)15-20-7-6-10-24(16-20)41-23-8-2-1-3-9-23/h1-12,15-18H,13-14,19H2,(H,35,37,39)/b21-15+. The van der Waals surface area contributed by atoms with Crippen LogP contribution in [-0.2, 0) is 11.2 Å². The fourth-order valence-electron chi connectivity index (χ4n) is 5.46. The third-order valence-electron chi connectivity index (χ3n) is 7.26. The van der Waals surface area contributed by atoms with Crippen molar-refractivity contribution in [1.82, 2.24) is 9.97 Å². The molecule has 0 radical (unpaired) electrons. The van der Waals surface area contributed by atoms with E-state index in [1.54, 1.807) is 12.3 Å². The fourth-order valence-corrected chi connectivity index (χ4v) is 5.78. The molecule has 41 heavy (non-hydrogen) atoms. The van der Waals surface area contributed by atoms with Gasteiger partial charge >= 0.3 is 0 Å². The van der Waals surface area contributed by atoms with E-state index >= 15 is 0 Å². The highest BCUT2D eigenvalue weighted by Crippen LogP contribution is 2.40. The third kappa shape index (κ3) is 4.76. The topological polar surface area (TPSA) is 84.4 Å². The van der Waals surface area contributed by atoms with Gasteiger partial charge in [-0.25, -0.2) is 9.97 Å². The molecule has 7 nitrogen and oxygen atoms in total. The Morgan fingerprint density at radius 2 is 1.76 bits per heavy atom. The van der Waals surface area contributed by atoms with E-state index in [2.05, 4.69) is 32.3 Å². The number of hydrogen-bond donors (Lipinski definition) is 1. The number of carbonyl (C=O) groups is 2. The second-order valence-corrected chi connectivity index (χ2v) is 10.9. The highest BCUT2D eigenvalue weighted by molar-refractivity contribution is 9.10. The lowest BCUT2D eigenvalue weighted by atomic mass is 9.99. The summed E-state index contributed by atoms with van der Waals surface area (Å²) in [5.74, 6) is 1.36. The van der Waals surface area contributed by atoms with Gasteiger partial charge in [-0.3, -0.25) is 14.5 Å². The van der Waals surface area contributed by atoms with Crippen molar-refractivity contribution in [2.75, 3.05) is 16.8 Å². The van der Waals surface area contributed by atoms with Gasteiger partial charge in [0.05, 0.1) is 22.5 Å². The first-order valence-corrected chi connectivity index (χ1v) is 14.1. The van der Waals surface area contributed by atoms with Crippen LogP contribution in [0.4, 0.5) is 11.5 Å². The Labute approximate surface area is 244 Å². The molecule has 2 amide bonds. The zero-order valence-electron chi connectivity index (χ0n) is 21.8. The lowest BCUT2D eigenvalue weighted by Gasteiger charge is -2.29. The van der Waals surface area contributed by atoms with Gasteiger partial charge in [-0.15, -0.1) is 0 Å². The van der Waals surface area contributed by atoms with Gasteiger partial charge < -0.3 is 10.1 Å². The molecule has 0 saturated heterocycles. The predicted octanol–water partition coefficient (Wildman–Crippen LogP) is 7.27. The summed E-state index contributed by atoms with van der Waals surface area (Å²) in [7, 11) is 0. The van der Waals surface area contributed by atoms with Crippen LogP contribution in [0.1, 0.15) is 33.6 Å². The minimum absolute atomic E-state index is 0.0910. The number of pyridine rings is 2. The maximum absolute atomic E-state index is 14.3. The second kappa shape index (κ2) is 10.3. The number of nitrogens with zero attached hydrogens (tertiary/aromatic N) is 3. The van der Waals surface area contributed by atoms with Gasteiger partial charge in [0.25, 0.3) is 5.91 Å². The summed E-state index contributed by atoms with van der Waals surface area (Å²) in [6.45, 7) is -0.0910. The first-order chi connectivity index (χ1) is 20.0. The van der Waals surface area contributed by atoms with Crippen molar-refractivity contribution in [3.05, 3.63) is 118 Å². The molecule has 1 aliphatic heterocycles. The number of allylic oxidation sites excluding steroid dienone is 1. The number of amides is 2. The average Bonchev–Trinajstić information content (AvgIpc) is 3.37. The number of rotatable bonds is 4. The molecule has 8 heteroatoms. The van der Waals surface area contributed by atoms with Crippen LogP contribution in [0.25, 0.3) is 22.6 Å². The minimum atomic E-state index is -0.283. The maximum Gasteiger partial charge on any atom is 0.259 e. The number of halogens is 1. The highest BCUT2D eigenvalue weighted by atomic mass is 79.9. The molecule has 0 unspecified atom stereocenters. The van der Waals surface area contributed by atoms with Crippen LogP contribution < -0.4 is 15.0 Å². The monoisotopic (exact) mass is 602 g/mol. The van der Waals surface area contributed by atoms with Crippen molar-refractivity contribution in [1.29, 1.82) is 0 Å². The predicted molar refractivity (Wildman–Crippen MR) is 163 cm³/mol. The van der Waals surface area contributed by atoms with Gasteiger partial charge in [0, 0.05) is 16.1 Å². The number of carbonyl (C=O) groups excluding carboxylic acids is 2. The number of aromatic nitrogens is 2. The number of fused-ring (bicyclic) bond motifs is 3. The van der Waals surface area contributed by atoms with E-state index in [1.807, 2.05) is 78.9 Å². The highest BCUT2D eigenvalue weighted by Gasteiger charge is 2.34. The lowest BCUT2D eigenvalue weighted by molar-refractivity contribution is -0.115. The molecule has 5 aromatic rings. The van der Waals surface area contributed by atoms with E-state index in [0.29, 0.717) is 23.5 Å². The van der Waals surface area contributed by atoms with Crippen molar-refractivity contribution in [3.8, 4) is 11.5 Å². The van der Waals surface area contributed by atoms with E-state index in [0.717, 1.165) is 55.7 Å². The number of ether oxygens (including phenoxy) is 1. The normalized spacial score (nSPS) is 15.0. The maximum atomic E-state index is 14.3.